The average molecular weight is 322 g/mol. The summed E-state index contributed by atoms with van der Waals surface area (Å²) in [5, 5.41) is 3.52. The third-order valence-electron chi connectivity index (χ3n) is 4.37. The molecule has 1 unspecified atom stereocenters. The molecule has 122 valence electrons. The Kier molecular flexibility index (Phi) is 3.92. The molecule has 24 heavy (non-hydrogen) atoms. The molecule has 3 aromatic rings. The first-order valence-electron chi connectivity index (χ1n) is 8.01. The van der Waals surface area contributed by atoms with Crippen LogP contribution in [0.15, 0.2) is 43.1 Å². The van der Waals surface area contributed by atoms with Crippen molar-refractivity contribution in [2.24, 2.45) is 0 Å². The molecule has 0 spiro atoms. The molecule has 0 bridgehead atoms. The van der Waals surface area contributed by atoms with Gasteiger partial charge in [-0.15, -0.1) is 0 Å². The number of aromatic amines is 1. The molecule has 3 aromatic heterocycles. The van der Waals surface area contributed by atoms with Crippen molar-refractivity contribution in [3.05, 3.63) is 54.2 Å². The monoisotopic (exact) mass is 322 g/mol. The van der Waals surface area contributed by atoms with Gasteiger partial charge in [0.2, 0.25) is 0 Å². The summed E-state index contributed by atoms with van der Waals surface area (Å²) >= 11 is 0. The minimum atomic E-state index is 0.0691. The average Bonchev–Trinajstić information content (AvgIpc) is 3.27. The van der Waals surface area contributed by atoms with Crippen LogP contribution in [0.25, 0.3) is 11.2 Å². The van der Waals surface area contributed by atoms with Crippen molar-refractivity contribution >= 4 is 17.1 Å². The predicted octanol–water partition coefficient (Wildman–Crippen LogP) is 1.36. The summed E-state index contributed by atoms with van der Waals surface area (Å²) in [6.45, 7) is 2.20. The lowest BCUT2D eigenvalue weighted by molar-refractivity contribution is 0.0789. The number of hydrogen-bond donors (Lipinski definition) is 2. The molecular formula is C17H18N6O. The Morgan fingerprint density at radius 1 is 1.25 bits per heavy atom. The number of carbonyl (C=O) groups excluding carboxylic acids is 1. The van der Waals surface area contributed by atoms with Gasteiger partial charge in [-0.05, 0) is 18.6 Å². The van der Waals surface area contributed by atoms with E-state index in [0.29, 0.717) is 12.1 Å². The van der Waals surface area contributed by atoms with E-state index >= 15 is 0 Å². The zero-order valence-electron chi connectivity index (χ0n) is 13.1. The second-order valence-electron chi connectivity index (χ2n) is 5.92. The third-order valence-corrected chi connectivity index (χ3v) is 4.37. The number of rotatable bonds is 4. The Hall–Kier alpha value is -2.80. The number of aromatic nitrogens is 4. The highest BCUT2D eigenvalue weighted by Gasteiger charge is 2.26. The van der Waals surface area contributed by atoms with Gasteiger partial charge in [-0.25, -0.2) is 4.98 Å². The molecule has 7 nitrogen and oxygen atoms in total. The maximum Gasteiger partial charge on any atom is 0.254 e. The van der Waals surface area contributed by atoms with Crippen LogP contribution in [-0.4, -0.2) is 49.9 Å². The molecule has 0 aromatic carbocycles. The topological polar surface area (TPSA) is 86.8 Å². The van der Waals surface area contributed by atoms with Crippen LogP contribution in [-0.2, 0) is 6.54 Å². The molecule has 4 rings (SSSR count). The van der Waals surface area contributed by atoms with Crippen molar-refractivity contribution < 1.29 is 4.79 Å². The summed E-state index contributed by atoms with van der Waals surface area (Å²) in [4.78, 5) is 30.0. The van der Waals surface area contributed by atoms with Gasteiger partial charge in [-0.3, -0.25) is 14.8 Å². The number of nitrogens with zero attached hydrogens (tertiary/aromatic N) is 4. The highest BCUT2D eigenvalue weighted by atomic mass is 16.2. The van der Waals surface area contributed by atoms with Crippen molar-refractivity contribution in [2.75, 3.05) is 13.1 Å². The normalized spacial score (nSPS) is 17.5. The summed E-state index contributed by atoms with van der Waals surface area (Å²) in [5.74, 6) is 0.0691. The molecule has 2 N–H and O–H groups in total. The summed E-state index contributed by atoms with van der Waals surface area (Å²) < 4.78 is 0. The second-order valence-corrected chi connectivity index (χ2v) is 5.92. The largest absolute Gasteiger partial charge is 0.344 e. The van der Waals surface area contributed by atoms with Crippen LogP contribution in [0.1, 0.15) is 22.3 Å². The van der Waals surface area contributed by atoms with Gasteiger partial charge in [0.15, 0.2) is 5.65 Å². The summed E-state index contributed by atoms with van der Waals surface area (Å²) in [5.41, 5.74) is 3.48. The maximum absolute atomic E-state index is 12.4. The van der Waals surface area contributed by atoms with Gasteiger partial charge in [0.05, 0.1) is 0 Å². The molecule has 0 radical (unpaired) electrons. The Morgan fingerprint density at radius 3 is 2.96 bits per heavy atom. The van der Waals surface area contributed by atoms with E-state index in [-0.39, 0.29) is 11.9 Å². The Labute approximate surface area is 139 Å². The van der Waals surface area contributed by atoms with Crippen molar-refractivity contribution in [3.8, 4) is 0 Å². The summed E-state index contributed by atoms with van der Waals surface area (Å²) in [6, 6.07) is 3.80. The zero-order valence-corrected chi connectivity index (χ0v) is 13.1. The first-order valence-corrected chi connectivity index (χ1v) is 8.01. The van der Waals surface area contributed by atoms with Gasteiger partial charge in [0.25, 0.3) is 5.91 Å². The fourth-order valence-electron chi connectivity index (χ4n) is 3.08. The number of H-pyrrole nitrogens is 1. The van der Waals surface area contributed by atoms with Crippen LogP contribution in [0, 0.1) is 0 Å². The molecule has 7 heteroatoms. The summed E-state index contributed by atoms with van der Waals surface area (Å²) in [7, 11) is 0. The quantitative estimate of drug-likeness (QED) is 0.757. The van der Waals surface area contributed by atoms with Gasteiger partial charge in [0.1, 0.15) is 5.52 Å². The van der Waals surface area contributed by atoms with Crippen LogP contribution >= 0.6 is 0 Å². The highest BCUT2D eigenvalue weighted by Crippen LogP contribution is 2.16. The number of fused-ring (bicyclic) bond motifs is 1. The van der Waals surface area contributed by atoms with Crippen LogP contribution in [0.2, 0.25) is 0 Å². The number of amides is 1. The lowest BCUT2D eigenvalue weighted by Gasteiger charge is -2.17. The van der Waals surface area contributed by atoms with Gasteiger partial charge in [0, 0.05) is 67.8 Å². The Bertz CT molecular complexity index is 846. The third kappa shape index (κ3) is 2.85. The lowest BCUT2D eigenvalue weighted by atomic mass is 10.2. The van der Waals surface area contributed by atoms with Crippen LogP contribution in [0.3, 0.4) is 0 Å². The molecule has 1 atom stereocenters. The molecule has 1 aliphatic rings. The number of likely N-dealkylation sites (tertiary alicyclic amines) is 1. The van der Waals surface area contributed by atoms with E-state index in [4.69, 9.17) is 0 Å². The molecule has 0 saturated carbocycles. The standard InChI is InChI=1S/C17H18N6O/c24-17(12-1-4-18-5-2-12)23-8-3-14(11-23)21-9-13-10-22-16-15(13)19-6-7-20-16/h1-2,4-7,10,14,21H,3,8-9,11H2,(H,20,22). The fourth-order valence-corrected chi connectivity index (χ4v) is 3.08. The minimum Gasteiger partial charge on any atom is -0.344 e. The van der Waals surface area contributed by atoms with Gasteiger partial charge >= 0.3 is 0 Å². The van der Waals surface area contributed by atoms with E-state index < -0.39 is 0 Å². The van der Waals surface area contributed by atoms with Gasteiger partial charge in [-0.1, -0.05) is 0 Å². The molecule has 0 aliphatic carbocycles. The number of carbonyl (C=O) groups is 1. The molecule has 1 aliphatic heterocycles. The first kappa shape index (κ1) is 14.8. The molecular weight excluding hydrogens is 304 g/mol. The lowest BCUT2D eigenvalue weighted by Crippen LogP contribution is -2.34. The fraction of sp³-hybridized carbons (Fsp3) is 0.294. The van der Waals surface area contributed by atoms with E-state index in [1.165, 1.54) is 0 Å². The Morgan fingerprint density at radius 2 is 2.08 bits per heavy atom. The van der Waals surface area contributed by atoms with Crippen LogP contribution in [0.5, 0.6) is 0 Å². The van der Waals surface area contributed by atoms with E-state index in [1.807, 2.05) is 11.1 Å². The predicted molar refractivity (Wildman–Crippen MR) is 89.3 cm³/mol. The van der Waals surface area contributed by atoms with E-state index in [0.717, 1.165) is 36.2 Å². The minimum absolute atomic E-state index is 0.0691. The molecule has 1 saturated heterocycles. The Balaban J connectivity index is 1.37. The second kappa shape index (κ2) is 6.37. The van der Waals surface area contributed by atoms with E-state index in [2.05, 4.69) is 25.3 Å². The van der Waals surface area contributed by atoms with E-state index in [1.54, 1.807) is 36.9 Å². The van der Waals surface area contributed by atoms with Gasteiger partial charge in [-0.2, -0.15) is 0 Å². The number of hydrogen-bond acceptors (Lipinski definition) is 5. The van der Waals surface area contributed by atoms with Crippen molar-refractivity contribution in [1.82, 2.24) is 30.2 Å². The molecule has 1 amide bonds. The zero-order chi connectivity index (χ0) is 16.4. The van der Waals surface area contributed by atoms with E-state index in [9.17, 15) is 4.79 Å². The van der Waals surface area contributed by atoms with Crippen molar-refractivity contribution in [1.29, 1.82) is 0 Å². The summed E-state index contributed by atoms with van der Waals surface area (Å²) in [6.07, 6.45) is 9.56. The van der Waals surface area contributed by atoms with Gasteiger partial charge < -0.3 is 15.2 Å². The van der Waals surface area contributed by atoms with Crippen molar-refractivity contribution in [2.45, 2.75) is 19.0 Å². The maximum atomic E-state index is 12.4. The molecule has 1 fully saturated rings. The SMILES string of the molecule is O=C(c1ccncc1)N1CCC(NCc2c[nH]c3nccnc23)C1. The smallest absolute Gasteiger partial charge is 0.254 e. The van der Waals surface area contributed by atoms with Crippen LogP contribution < -0.4 is 5.32 Å². The van der Waals surface area contributed by atoms with Crippen molar-refractivity contribution in [3.63, 3.8) is 0 Å². The highest BCUT2D eigenvalue weighted by molar-refractivity contribution is 5.94. The molecule has 4 heterocycles. The first-order chi connectivity index (χ1) is 11.8. The number of nitrogens with one attached hydrogen (secondary N) is 2. The number of pyridine rings is 1. The van der Waals surface area contributed by atoms with Crippen LogP contribution in [0.4, 0.5) is 0 Å².